The summed E-state index contributed by atoms with van der Waals surface area (Å²) in [7, 11) is 0. The van der Waals surface area contributed by atoms with Crippen molar-refractivity contribution in [2.75, 3.05) is 6.54 Å². The summed E-state index contributed by atoms with van der Waals surface area (Å²) < 4.78 is 5.28. The molecule has 2 aromatic rings. The second-order valence-corrected chi connectivity index (χ2v) is 7.47. The van der Waals surface area contributed by atoms with Gasteiger partial charge in [0.25, 0.3) is 17.7 Å². The molecule has 1 aliphatic heterocycles. The highest BCUT2D eigenvalue weighted by atomic mass is 16.3. The first-order valence-electron chi connectivity index (χ1n) is 9.54. The Bertz CT molecular complexity index is 985. The van der Waals surface area contributed by atoms with Crippen molar-refractivity contribution in [1.82, 2.24) is 21.1 Å². The Morgan fingerprint density at radius 3 is 2.47 bits per heavy atom. The quantitative estimate of drug-likeness (QED) is 0.492. The summed E-state index contributed by atoms with van der Waals surface area (Å²) in [5, 5.41) is 2.66. The number of benzene rings is 1. The van der Waals surface area contributed by atoms with Crippen molar-refractivity contribution in [3.8, 4) is 0 Å². The molecule has 1 aromatic heterocycles. The number of carbonyl (C=O) groups excluding carboxylic acids is 4. The third-order valence-electron chi connectivity index (χ3n) is 5.00. The van der Waals surface area contributed by atoms with Crippen LogP contribution in [0.4, 0.5) is 4.79 Å². The number of rotatable bonds is 6. The molecule has 1 aliphatic rings. The molecule has 1 atom stereocenters. The van der Waals surface area contributed by atoms with Crippen LogP contribution in [0.1, 0.15) is 40.8 Å². The molecule has 0 unspecified atom stereocenters. The van der Waals surface area contributed by atoms with Gasteiger partial charge in [0.2, 0.25) is 0 Å². The standard InChI is InChI=1S/C21H24N4O5/c1-13-11-16(14(2)30-13)18(27)24-23-17(26)12-25-19(28)21(3,22-20(25)29)10-9-15-7-5-4-6-8-15/h4-8,11H,9-10,12H2,1-3H3,(H,22,29)(H,23,26)(H,24,27)/t21-/m0/s1. The predicted octanol–water partition coefficient (Wildman–Crippen LogP) is 1.60. The molecule has 3 rings (SSSR count). The molecule has 1 fully saturated rings. The fraction of sp³-hybridized carbons (Fsp3) is 0.333. The van der Waals surface area contributed by atoms with E-state index in [1.165, 1.54) is 0 Å². The second kappa shape index (κ2) is 8.40. The van der Waals surface area contributed by atoms with Crippen LogP contribution in [-0.2, 0) is 16.0 Å². The normalized spacial score (nSPS) is 18.3. The van der Waals surface area contributed by atoms with Crippen LogP contribution in [-0.4, -0.2) is 40.7 Å². The van der Waals surface area contributed by atoms with Gasteiger partial charge in [-0.15, -0.1) is 0 Å². The first-order valence-corrected chi connectivity index (χ1v) is 9.54. The van der Waals surface area contributed by atoms with Crippen LogP contribution < -0.4 is 16.2 Å². The van der Waals surface area contributed by atoms with E-state index < -0.39 is 35.8 Å². The van der Waals surface area contributed by atoms with E-state index in [4.69, 9.17) is 4.42 Å². The molecule has 3 N–H and O–H groups in total. The van der Waals surface area contributed by atoms with Crippen LogP contribution in [0.15, 0.2) is 40.8 Å². The summed E-state index contributed by atoms with van der Waals surface area (Å²) in [6, 6.07) is 10.5. The van der Waals surface area contributed by atoms with E-state index in [1.54, 1.807) is 26.8 Å². The van der Waals surface area contributed by atoms with Crippen LogP contribution in [0, 0.1) is 13.8 Å². The predicted molar refractivity (Wildman–Crippen MR) is 107 cm³/mol. The smallest absolute Gasteiger partial charge is 0.325 e. The second-order valence-electron chi connectivity index (χ2n) is 7.47. The maximum atomic E-state index is 12.8. The van der Waals surface area contributed by atoms with Crippen molar-refractivity contribution in [3.05, 3.63) is 59.0 Å². The maximum Gasteiger partial charge on any atom is 0.325 e. The molecule has 2 heterocycles. The number of nitrogens with zero attached hydrogens (tertiary/aromatic N) is 1. The molecule has 158 valence electrons. The van der Waals surface area contributed by atoms with Gasteiger partial charge in [0.05, 0.1) is 5.56 Å². The van der Waals surface area contributed by atoms with Gasteiger partial charge in [-0.05, 0) is 45.2 Å². The van der Waals surface area contributed by atoms with Gasteiger partial charge in [0.1, 0.15) is 23.6 Å². The fourth-order valence-corrected chi connectivity index (χ4v) is 3.33. The number of carbonyl (C=O) groups is 4. The zero-order valence-corrected chi connectivity index (χ0v) is 17.1. The molecule has 1 aromatic carbocycles. The molecule has 1 saturated heterocycles. The molecular weight excluding hydrogens is 388 g/mol. The van der Waals surface area contributed by atoms with E-state index in [9.17, 15) is 19.2 Å². The van der Waals surface area contributed by atoms with Crippen LogP contribution in [0.25, 0.3) is 0 Å². The summed E-state index contributed by atoms with van der Waals surface area (Å²) >= 11 is 0. The van der Waals surface area contributed by atoms with E-state index in [0.717, 1.165) is 10.5 Å². The van der Waals surface area contributed by atoms with Crippen LogP contribution >= 0.6 is 0 Å². The summed E-state index contributed by atoms with van der Waals surface area (Å²) in [6.45, 7) is 4.47. The number of hydrogen-bond donors (Lipinski definition) is 3. The Balaban J connectivity index is 1.54. The summed E-state index contributed by atoms with van der Waals surface area (Å²) in [5.74, 6) is -0.744. The Kier molecular flexibility index (Phi) is 5.91. The number of hydrogen-bond acceptors (Lipinski definition) is 5. The van der Waals surface area contributed by atoms with E-state index in [2.05, 4.69) is 16.2 Å². The van der Waals surface area contributed by atoms with E-state index in [-0.39, 0.29) is 5.56 Å². The number of urea groups is 1. The molecule has 0 aliphatic carbocycles. The largest absolute Gasteiger partial charge is 0.466 e. The summed E-state index contributed by atoms with van der Waals surface area (Å²) in [4.78, 5) is 50.2. The van der Waals surface area contributed by atoms with Crippen molar-refractivity contribution >= 4 is 23.8 Å². The minimum absolute atomic E-state index is 0.288. The average Bonchev–Trinajstić information content (AvgIpc) is 3.16. The molecule has 0 bridgehead atoms. The fourth-order valence-electron chi connectivity index (χ4n) is 3.33. The molecule has 5 amide bonds. The van der Waals surface area contributed by atoms with Gasteiger partial charge in [-0.3, -0.25) is 30.1 Å². The molecule has 9 heteroatoms. The monoisotopic (exact) mass is 412 g/mol. The minimum atomic E-state index is -1.10. The molecule has 30 heavy (non-hydrogen) atoms. The third-order valence-corrected chi connectivity index (χ3v) is 5.00. The molecule has 0 spiro atoms. The number of aryl methyl sites for hydroxylation is 3. The lowest BCUT2D eigenvalue weighted by Crippen LogP contribution is -2.49. The van der Waals surface area contributed by atoms with E-state index in [1.807, 2.05) is 30.3 Å². The lowest BCUT2D eigenvalue weighted by Gasteiger charge is -2.21. The number of amides is 5. The van der Waals surface area contributed by atoms with E-state index in [0.29, 0.717) is 24.4 Å². The van der Waals surface area contributed by atoms with Gasteiger partial charge in [-0.1, -0.05) is 30.3 Å². The van der Waals surface area contributed by atoms with Crippen molar-refractivity contribution < 1.29 is 23.6 Å². The molecule has 9 nitrogen and oxygen atoms in total. The zero-order chi connectivity index (χ0) is 21.9. The van der Waals surface area contributed by atoms with Crippen molar-refractivity contribution in [2.24, 2.45) is 0 Å². The van der Waals surface area contributed by atoms with Crippen molar-refractivity contribution in [3.63, 3.8) is 0 Å². The van der Waals surface area contributed by atoms with E-state index >= 15 is 0 Å². The highest BCUT2D eigenvalue weighted by Gasteiger charge is 2.47. The first kappa shape index (κ1) is 21.1. The Morgan fingerprint density at radius 1 is 1.13 bits per heavy atom. The minimum Gasteiger partial charge on any atom is -0.466 e. The van der Waals surface area contributed by atoms with Crippen molar-refractivity contribution in [2.45, 2.75) is 39.2 Å². The van der Waals surface area contributed by atoms with Crippen LogP contribution in [0.5, 0.6) is 0 Å². The van der Waals surface area contributed by atoms with Gasteiger partial charge in [0.15, 0.2) is 0 Å². The van der Waals surface area contributed by atoms with Gasteiger partial charge in [-0.2, -0.15) is 0 Å². The molecular formula is C21H24N4O5. The Labute approximate surface area is 173 Å². The number of furan rings is 1. The number of hydrazine groups is 1. The number of nitrogens with one attached hydrogen (secondary N) is 3. The first-order chi connectivity index (χ1) is 14.2. The third kappa shape index (κ3) is 4.51. The Hall–Kier alpha value is -3.62. The van der Waals surface area contributed by atoms with Crippen LogP contribution in [0.3, 0.4) is 0 Å². The van der Waals surface area contributed by atoms with Gasteiger partial charge in [-0.25, -0.2) is 4.79 Å². The van der Waals surface area contributed by atoms with Crippen LogP contribution in [0.2, 0.25) is 0 Å². The number of imide groups is 1. The lowest BCUT2D eigenvalue weighted by atomic mass is 9.93. The highest BCUT2D eigenvalue weighted by molar-refractivity contribution is 6.09. The highest BCUT2D eigenvalue weighted by Crippen LogP contribution is 2.23. The average molecular weight is 412 g/mol. The topological polar surface area (TPSA) is 121 Å². The summed E-state index contributed by atoms with van der Waals surface area (Å²) in [5.41, 5.74) is 4.71. The molecule has 0 radical (unpaired) electrons. The van der Waals surface area contributed by atoms with Gasteiger partial charge < -0.3 is 9.73 Å². The maximum absolute atomic E-state index is 12.8. The lowest BCUT2D eigenvalue weighted by molar-refractivity contribution is -0.134. The molecule has 0 saturated carbocycles. The summed E-state index contributed by atoms with van der Waals surface area (Å²) in [6.07, 6.45) is 0.998. The zero-order valence-electron chi connectivity index (χ0n) is 17.1. The SMILES string of the molecule is Cc1cc(C(=O)NNC(=O)CN2C(=O)N[C@@](C)(CCc3ccccc3)C2=O)c(C)o1. The van der Waals surface area contributed by atoms with Gasteiger partial charge >= 0.3 is 6.03 Å². The van der Waals surface area contributed by atoms with Crippen molar-refractivity contribution in [1.29, 1.82) is 0 Å². The van der Waals surface area contributed by atoms with Gasteiger partial charge in [0, 0.05) is 0 Å². The Morgan fingerprint density at radius 2 is 1.83 bits per heavy atom.